The molecule has 0 radical (unpaired) electrons. The molecule has 1 aliphatic rings. The van der Waals surface area contributed by atoms with Crippen molar-refractivity contribution < 1.29 is 24.5 Å². The zero-order valence-corrected chi connectivity index (χ0v) is 22.1. The number of benzene rings is 4. The molecule has 1 aliphatic heterocycles. The van der Waals surface area contributed by atoms with E-state index in [1.54, 1.807) is 36.4 Å². The van der Waals surface area contributed by atoms with Crippen LogP contribution in [0, 0.1) is 0 Å². The van der Waals surface area contributed by atoms with Gasteiger partial charge in [-0.2, -0.15) is 0 Å². The molecule has 1 heterocycles. The van der Waals surface area contributed by atoms with Gasteiger partial charge in [0.1, 0.15) is 17.3 Å². The summed E-state index contributed by atoms with van der Waals surface area (Å²) in [6, 6.07) is 24.5. The third kappa shape index (κ3) is 5.02. The molecule has 1 fully saturated rings. The SMILES string of the molecule is COc1c(Cl)cc(Cl)cc1/C(O)=C1\C(=O)C(=O)N(c2ccc(Nc3ccccc3)cc2)C1c1ccc(O)cc1. The first-order valence-corrected chi connectivity index (χ1v) is 12.6. The van der Waals surface area contributed by atoms with Crippen molar-refractivity contribution in [2.75, 3.05) is 17.3 Å². The molecule has 1 unspecified atom stereocenters. The molecule has 0 aliphatic carbocycles. The number of phenolic OH excluding ortho intramolecular Hbond substituents is 1. The van der Waals surface area contributed by atoms with Crippen LogP contribution in [0.1, 0.15) is 17.2 Å². The number of para-hydroxylation sites is 1. The van der Waals surface area contributed by atoms with Crippen LogP contribution in [0.15, 0.2) is 96.6 Å². The highest BCUT2D eigenvalue weighted by Gasteiger charge is 2.47. The number of rotatable bonds is 6. The molecular weight excluding hydrogens is 539 g/mol. The molecule has 196 valence electrons. The predicted octanol–water partition coefficient (Wildman–Crippen LogP) is 7.08. The average molecular weight is 561 g/mol. The number of aliphatic hydroxyl groups is 1. The Morgan fingerprint density at radius 1 is 0.897 bits per heavy atom. The summed E-state index contributed by atoms with van der Waals surface area (Å²) in [5.74, 6) is -2.10. The fraction of sp³-hybridized carbons (Fsp3) is 0.0667. The first-order valence-electron chi connectivity index (χ1n) is 11.8. The summed E-state index contributed by atoms with van der Waals surface area (Å²) in [5, 5.41) is 24.9. The summed E-state index contributed by atoms with van der Waals surface area (Å²) in [5.41, 5.74) is 2.49. The summed E-state index contributed by atoms with van der Waals surface area (Å²) >= 11 is 12.5. The molecule has 0 bridgehead atoms. The minimum atomic E-state index is -1.01. The number of carbonyl (C=O) groups excluding carboxylic acids is 2. The van der Waals surface area contributed by atoms with Gasteiger partial charge in [0.15, 0.2) is 0 Å². The van der Waals surface area contributed by atoms with Crippen molar-refractivity contribution in [3.8, 4) is 11.5 Å². The number of nitrogens with zero attached hydrogens (tertiary/aromatic N) is 1. The number of carbonyl (C=O) groups is 2. The largest absolute Gasteiger partial charge is 0.508 e. The number of ketones is 1. The van der Waals surface area contributed by atoms with Gasteiger partial charge in [0, 0.05) is 22.1 Å². The lowest BCUT2D eigenvalue weighted by Gasteiger charge is -2.26. The lowest BCUT2D eigenvalue weighted by Crippen LogP contribution is -2.29. The fourth-order valence-corrected chi connectivity index (χ4v) is 5.12. The summed E-state index contributed by atoms with van der Waals surface area (Å²) in [6.07, 6.45) is 0. The van der Waals surface area contributed by atoms with E-state index >= 15 is 0 Å². The maximum Gasteiger partial charge on any atom is 0.300 e. The van der Waals surface area contributed by atoms with Crippen molar-refractivity contribution in [2.45, 2.75) is 6.04 Å². The number of aromatic hydroxyl groups is 1. The van der Waals surface area contributed by atoms with E-state index < -0.39 is 23.5 Å². The fourth-order valence-electron chi connectivity index (χ4n) is 4.55. The zero-order valence-electron chi connectivity index (χ0n) is 20.6. The summed E-state index contributed by atoms with van der Waals surface area (Å²) in [6.45, 7) is 0. The van der Waals surface area contributed by atoms with Crippen LogP contribution in [0.5, 0.6) is 11.5 Å². The molecule has 1 atom stereocenters. The Kier molecular flexibility index (Phi) is 7.19. The standard InChI is InChI=1S/C30H22Cl2N2O5/c1-39-29-23(15-18(31)16-24(29)32)27(36)25-26(17-7-13-22(35)14-8-17)34(30(38)28(25)37)21-11-9-20(10-12-21)33-19-5-3-2-4-6-19/h2-16,26,33,35-36H,1H3/b27-25+. The van der Waals surface area contributed by atoms with Gasteiger partial charge in [0.05, 0.1) is 29.3 Å². The maximum atomic E-state index is 13.5. The van der Waals surface area contributed by atoms with Gasteiger partial charge >= 0.3 is 0 Å². The Balaban J connectivity index is 1.64. The third-order valence-corrected chi connectivity index (χ3v) is 6.83. The van der Waals surface area contributed by atoms with E-state index in [2.05, 4.69) is 5.32 Å². The van der Waals surface area contributed by atoms with E-state index in [-0.39, 0.29) is 32.7 Å². The average Bonchev–Trinajstić information content (AvgIpc) is 3.19. The summed E-state index contributed by atoms with van der Waals surface area (Å²) in [7, 11) is 1.37. The van der Waals surface area contributed by atoms with Crippen molar-refractivity contribution in [3.63, 3.8) is 0 Å². The molecule has 4 aromatic rings. The quantitative estimate of drug-likeness (QED) is 0.132. The normalized spacial score (nSPS) is 16.4. The number of hydrogen-bond acceptors (Lipinski definition) is 6. The van der Waals surface area contributed by atoms with Crippen LogP contribution in [-0.2, 0) is 9.59 Å². The number of hydrogen-bond donors (Lipinski definition) is 3. The van der Waals surface area contributed by atoms with Gasteiger partial charge in [-0.15, -0.1) is 0 Å². The van der Waals surface area contributed by atoms with Crippen LogP contribution in [0.3, 0.4) is 0 Å². The van der Waals surface area contributed by atoms with Crippen molar-refractivity contribution >= 4 is 57.7 Å². The molecular formula is C30H22Cl2N2O5. The first kappa shape index (κ1) is 26.2. The number of nitrogens with one attached hydrogen (secondary N) is 1. The van der Waals surface area contributed by atoms with Crippen LogP contribution < -0.4 is 15.0 Å². The van der Waals surface area contributed by atoms with Gasteiger partial charge in [-0.3, -0.25) is 14.5 Å². The molecule has 1 saturated heterocycles. The lowest BCUT2D eigenvalue weighted by molar-refractivity contribution is -0.132. The third-order valence-electron chi connectivity index (χ3n) is 6.33. The van der Waals surface area contributed by atoms with E-state index in [9.17, 15) is 19.8 Å². The summed E-state index contributed by atoms with van der Waals surface area (Å²) in [4.78, 5) is 28.2. The topological polar surface area (TPSA) is 99.1 Å². The molecule has 0 saturated carbocycles. The number of ether oxygens (including phenoxy) is 1. The molecule has 39 heavy (non-hydrogen) atoms. The Bertz CT molecular complexity index is 1590. The van der Waals surface area contributed by atoms with Crippen LogP contribution in [0.4, 0.5) is 17.1 Å². The molecule has 9 heteroatoms. The van der Waals surface area contributed by atoms with Crippen LogP contribution in [0.25, 0.3) is 5.76 Å². The van der Waals surface area contributed by atoms with E-state index in [4.69, 9.17) is 27.9 Å². The predicted molar refractivity (Wildman–Crippen MR) is 152 cm³/mol. The molecule has 7 nitrogen and oxygen atoms in total. The Labute approximate surface area is 234 Å². The van der Waals surface area contributed by atoms with E-state index in [1.165, 1.54) is 36.3 Å². The number of Topliss-reactive ketones (excluding diaryl/α,β-unsaturated/α-hetero) is 1. The van der Waals surface area contributed by atoms with Gasteiger partial charge in [0.25, 0.3) is 11.7 Å². The molecule has 0 aromatic heterocycles. The molecule has 1 amide bonds. The second kappa shape index (κ2) is 10.7. The number of amides is 1. The number of halogens is 2. The highest BCUT2D eigenvalue weighted by atomic mass is 35.5. The van der Waals surface area contributed by atoms with Gasteiger partial charge in [-0.25, -0.2) is 0 Å². The number of anilines is 3. The molecule has 5 rings (SSSR count). The van der Waals surface area contributed by atoms with Crippen LogP contribution in [0.2, 0.25) is 10.0 Å². The van der Waals surface area contributed by atoms with Crippen molar-refractivity contribution in [1.82, 2.24) is 0 Å². The van der Waals surface area contributed by atoms with Gasteiger partial charge in [-0.1, -0.05) is 53.5 Å². The summed E-state index contributed by atoms with van der Waals surface area (Å²) < 4.78 is 5.37. The van der Waals surface area contributed by atoms with Gasteiger partial charge in [0.2, 0.25) is 0 Å². The second-order valence-corrected chi connectivity index (χ2v) is 9.61. The monoisotopic (exact) mass is 560 g/mol. The van der Waals surface area contributed by atoms with E-state index in [0.29, 0.717) is 11.3 Å². The molecule has 3 N–H and O–H groups in total. The van der Waals surface area contributed by atoms with Crippen LogP contribution >= 0.6 is 23.2 Å². The van der Waals surface area contributed by atoms with Crippen LogP contribution in [-0.4, -0.2) is 29.0 Å². The van der Waals surface area contributed by atoms with Crippen molar-refractivity contribution in [2.24, 2.45) is 0 Å². The molecule has 0 spiro atoms. The Morgan fingerprint density at radius 2 is 1.54 bits per heavy atom. The lowest BCUT2D eigenvalue weighted by atomic mass is 9.94. The smallest absolute Gasteiger partial charge is 0.300 e. The molecule has 4 aromatic carbocycles. The van der Waals surface area contributed by atoms with Crippen molar-refractivity contribution in [1.29, 1.82) is 0 Å². The maximum absolute atomic E-state index is 13.5. The first-order chi connectivity index (χ1) is 18.8. The van der Waals surface area contributed by atoms with Gasteiger partial charge < -0.3 is 20.3 Å². The Morgan fingerprint density at radius 3 is 2.18 bits per heavy atom. The highest BCUT2D eigenvalue weighted by molar-refractivity contribution is 6.52. The van der Waals surface area contributed by atoms with E-state index in [1.807, 2.05) is 30.3 Å². The number of aliphatic hydroxyl groups excluding tert-OH is 1. The number of phenols is 1. The van der Waals surface area contributed by atoms with E-state index in [0.717, 1.165) is 11.4 Å². The zero-order chi connectivity index (χ0) is 27.7. The Hall–Kier alpha value is -4.46. The minimum absolute atomic E-state index is 0.00957. The number of methoxy groups -OCH3 is 1. The highest BCUT2D eigenvalue weighted by Crippen LogP contribution is 2.45. The second-order valence-electron chi connectivity index (χ2n) is 8.77. The minimum Gasteiger partial charge on any atom is -0.508 e. The van der Waals surface area contributed by atoms with Crippen molar-refractivity contribution in [3.05, 3.63) is 118 Å². The van der Waals surface area contributed by atoms with Gasteiger partial charge in [-0.05, 0) is 66.2 Å².